The lowest BCUT2D eigenvalue weighted by Crippen LogP contribution is -2.44. The normalized spacial score (nSPS) is 11.9. The van der Waals surface area contributed by atoms with Crippen LogP contribution in [0.2, 0.25) is 0 Å². The average molecular weight is 220 g/mol. The molecule has 0 aliphatic carbocycles. The highest BCUT2D eigenvalue weighted by molar-refractivity contribution is 5.73. The van der Waals surface area contributed by atoms with Crippen LogP contribution in [-0.2, 0) is 14.4 Å². The Morgan fingerprint density at radius 1 is 1.53 bits per heavy atom. The molecule has 7 nitrogen and oxygen atoms in total. The van der Waals surface area contributed by atoms with E-state index >= 15 is 0 Å². The van der Waals surface area contributed by atoms with E-state index in [2.05, 4.69) is 4.84 Å². The fraction of sp³-hybridized carbons (Fsp3) is 0.750. The van der Waals surface area contributed by atoms with Gasteiger partial charge < -0.3 is 14.7 Å². The van der Waals surface area contributed by atoms with Crippen molar-refractivity contribution >= 4 is 12.0 Å². The van der Waals surface area contributed by atoms with Gasteiger partial charge in [0.2, 0.25) is 0 Å². The Morgan fingerprint density at radius 2 is 2.13 bits per heavy atom. The molecule has 0 bridgehead atoms. The van der Waals surface area contributed by atoms with E-state index in [0.717, 1.165) is 0 Å². The molecule has 7 heteroatoms. The molecule has 15 heavy (non-hydrogen) atoms. The van der Waals surface area contributed by atoms with Crippen LogP contribution in [0.1, 0.15) is 6.92 Å². The monoisotopic (exact) mass is 220 g/mol. The predicted molar refractivity (Wildman–Crippen MR) is 51.2 cm³/mol. The van der Waals surface area contributed by atoms with Gasteiger partial charge in [0.15, 0.2) is 6.61 Å². The number of likely N-dealkylation sites (N-methyl/N-ethyl adjacent to an activating group) is 1. The number of hydrogen-bond acceptors (Lipinski definition) is 4. The maximum atomic E-state index is 11.3. The van der Waals surface area contributed by atoms with Crippen LogP contribution in [0, 0.1) is 0 Å². The molecule has 0 aromatic rings. The number of aliphatic carboxylic acids is 1. The van der Waals surface area contributed by atoms with Gasteiger partial charge in [0.1, 0.15) is 0 Å². The lowest BCUT2D eigenvalue weighted by Gasteiger charge is -2.23. The van der Waals surface area contributed by atoms with Crippen molar-refractivity contribution in [1.29, 1.82) is 0 Å². The molecule has 1 atom stereocenters. The molecular weight excluding hydrogens is 204 g/mol. The molecule has 0 aromatic carbocycles. The summed E-state index contributed by atoms with van der Waals surface area (Å²) in [5, 5.41) is 8.25. The molecule has 0 heterocycles. The van der Waals surface area contributed by atoms with Crippen LogP contribution in [-0.4, -0.2) is 55.4 Å². The zero-order valence-electron chi connectivity index (χ0n) is 9.02. The van der Waals surface area contributed by atoms with E-state index in [1.165, 1.54) is 12.0 Å². The molecule has 0 fully saturated rings. The van der Waals surface area contributed by atoms with E-state index in [-0.39, 0.29) is 6.04 Å². The number of ether oxygens (including phenoxy) is 1. The Balaban J connectivity index is 3.83. The van der Waals surface area contributed by atoms with Crippen molar-refractivity contribution in [3.63, 3.8) is 0 Å². The number of hydroxylamine groups is 1. The third kappa shape index (κ3) is 5.87. The van der Waals surface area contributed by atoms with E-state index < -0.39 is 18.6 Å². The van der Waals surface area contributed by atoms with Gasteiger partial charge in [-0.25, -0.2) is 15.1 Å². The van der Waals surface area contributed by atoms with E-state index in [1.54, 1.807) is 14.0 Å². The Morgan fingerprint density at radius 3 is 2.60 bits per heavy atom. The highest BCUT2D eigenvalue weighted by Gasteiger charge is 2.15. The minimum atomic E-state index is -1.15. The number of carbonyl (C=O) groups excluding carboxylic acids is 1. The van der Waals surface area contributed by atoms with Crippen LogP contribution in [0.4, 0.5) is 4.79 Å². The summed E-state index contributed by atoms with van der Waals surface area (Å²) >= 11 is 0. The van der Waals surface area contributed by atoms with Gasteiger partial charge >= 0.3 is 12.0 Å². The average Bonchev–Trinajstić information content (AvgIpc) is 2.16. The summed E-state index contributed by atoms with van der Waals surface area (Å²) < 4.78 is 4.86. The maximum Gasteiger partial charge on any atom is 0.341 e. The maximum absolute atomic E-state index is 11.3. The van der Waals surface area contributed by atoms with E-state index in [4.69, 9.17) is 9.84 Å². The van der Waals surface area contributed by atoms with E-state index in [0.29, 0.717) is 6.61 Å². The molecule has 0 aromatic heterocycles. The fourth-order valence-corrected chi connectivity index (χ4v) is 0.785. The summed E-state index contributed by atoms with van der Waals surface area (Å²) in [6.45, 7) is 1.61. The first-order valence-corrected chi connectivity index (χ1v) is 4.34. The van der Waals surface area contributed by atoms with Crippen LogP contribution in [0.25, 0.3) is 0 Å². The number of carbonyl (C=O) groups is 2. The first-order valence-electron chi connectivity index (χ1n) is 4.34. The molecule has 0 saturated carbocycles. The van der Waals surface area contributed by atoms with Crippen molar-refractivity contribution in [2.75, 3.05) is 27.4 Å². The number of nitrogens with one attached hydrogen (secondary N) is 1. The van der Waals surface area contributed by atoms with Gasteiger partial charge in [-0.05, 0) is 6.92 Å². The summed E-state index contributed by atoms with van der Waals surface area (Å²) in [4.78, 5) is 27.1. The molecular formula is C8H16N2O5. The number of carboxylic acids is 1. The third-order valence-electron chi connectivity index (χ3n) is 1.74. The van der Waals surface area contributed by atoms with Crippen LogP contribution in [0.3, 0.4) is 0 Å². The van der Waals surface area contributed by atoms with Gasteiger partial charge in [-0.15, -0.1) is 0 Å². The summed E-state index contributed by atoms with van der Waals surface area (Å²) in [6.07, 6.45) is 0. The minimum Gasteiger partial charge on any atom is -0.479 e. The lowest BCUT2D eigenvalue weighted by molar-refractivity contribution is -0.144. The largest absolute Gasteiger partial charge is 0.479 e. The summed E-state index contributed by atoms with van der Waals surface area (Å²) in [5.74, 6) is -1.15. The summed E-state index contributed by atoms with van der Waals surface area (Å²) in [6, 6.07) is -0.635. The predicted octanol–water partition coefficient (Wildman–Crippen LogP) is -0.321. The third-order valence-corrected chi connectivity index (χ3v) is 1.74. The Hall–Kier alpha value is -1.34. The zero-order chi connectivity index (χ0) is 11.8. The SMILES string of the molecule is COCC(C)N(C)C(=O)NOCC(=O)O. The van der Waals surface area contributed by atoms with Crippen molar-refractivity contribution in [3.8, 4) is 0 Å². The Bertz CT molecular complexity index is 221. The van der Waals surface area contributed by atoms with Gasteiger partial charge in [0.25, 0.3) is 0 Å². The lowest BCUT2D eigenvalue weighted by atomic mass is 10.3. The molecule has 0 aliphatic heterocycles. The quantitative estimate of drug-likeness (QED) is 0.599. The second kappa shape index (κ2) is 7.02. The molecule has 0 aliphatic rings. The number of carboxylic acid groups (broad SMARTS) is 1. The van der Waals surface area contributed by atoms with Crippen LogP contribution >= 0.6 is 0 Å². The van der Waals surface area contributed by atoms with Gasteiger partial charge in [0, 0.05) is 14.2 Å². The molecule has 0 rings (SSSR count). The first-order chi connectivity index (χ1) is 6.99. The Labute approximate surface area is 87.9 Å². The zero-order valence-corrected chi connectivity index (χ0v) is 9.02. The van der Waals surface area contributed by atoms with Crippen molar-refractivity contribution in [2.45, 2.75) is 13.0 Å². The van der Waals surface area contributed by atoms with E-state index in [9.17, 15) is 9.59 Å². The topological polar surface area (TPSA) is 88.1 Å². The number of methoxy groups -OCH3 is 1. The molecule has 0 spiro atoms. The molecule has 88 valence electrons. The molecule has 0 radical (unpaired) electrons. The van der Waals surface area contributed by atoms with Crippen LogP contribution < -0.4 is 5.48 Å². The van der Waals surface area contributed by atoms with Gasteiger partial charge in [-0.2, -0.15) is 0 Å². The van der Waals surface area contributed by atoms with Crippen molar-refractivity contribution < 1.29 is 24.3 Å². The molecule has 2 N–H and O–H groups in total. The second-order valence-corrected chi connectivity index (χ2v) is 3.00. The molecule has 2 amide bonds. The van der Waals surface area contributed by atoms with Crippen LogP contribution in [0.5, 0.6) is 0 Å². The molecule has 0 saturated heterocycles. The number of hydrogen-bond donors (Lipinski definition) is 2. The molecule has 1 unspecified atom stereocenters. The summed E-state index contributed by atoms with van der Waals surface area (Å²) in [5.41, 5.74) is 2.00. The fourth-order valence-electron chi connectivity index (χ4n) is 0.785. The first kappa shape index (κ1) is 13.7. The number of rotatable bonds is 6. The number of urea groups is 1. The van der Waals surface area contributed by atoms with Crippen molar-refractivity contribution in [1.82, 2.24) is 10.4 Å². The van der Waals surface area contributed by atoms with Gasteiger partial charge in [-0.1, -0.05) is 0 Å². The highest BCUT2D eigenvalue weighted by atomic mass is 16.7. The number of amides is 2. The number of nitrogens with zero attached hydrogens (tertiary/aromatic N) is 1. The standard InChI is InChI=1S/C8H16N2O5/c1-6(4-14-3)10(2)8(13)9-15-5-7(11)12/h6H,4-5H2,1-3H3,(H,9,13)(H,11,12). The van der Waals surface area contributed by atoms with E-state index in [1.807, 2.05) is 5.48 Å². The van der Waals surface area contributed by atoms with Gasteiger partial charge in [0.05, 0.1) is 12.6 Å². The van der Waals surface area contributed by atoms with Crippen molar-refractivity contribution in [2.24, 2.45) is 0 Å². The second-order valence-electron chi connectivity index (χ2n) is 3.00. The van der Waals surface area contributed by atoms with Crippen molar-refractivity contribution in [3.05, 3.63) is 0 Å². The Kier molecular flexibility index (Phi) is 6.39. The smallest absolute Gasteiger partial charge is 0.341 e. The highest BCUT2D eigenvalue weighted by Crippen LogP contribution is 1.96. The van der Waals surface area contributed by atoms with Crippen LogP contribution in [0.15, 0.2) is 0 Å². The summed E-state index contributed by atoms with van der Waals surface area (Å²) in [7, 11) is 3.09. The minimum absolute atomic E-state index is 0.122. The van der Waals surface area contributed by atoms with Gasteiger partial charge in [-0.3, -0.25) is 4.84 Å².